The zero-order valence-electron chi connectivity index (χ0n) is 10.8. The summed E-state index contributed by atoms with van der Waals surface area (Å²) in [6.07, 6.45) is 2.41. The van der Waals surface area contributed by atoms with Crippen molar-refractivity contribution in [3.05, 3.63) is 33.3 Å². The maximum Gasteiger partial charge on any atom is 0.0595 e. The second-order valence-corrected chi connectivity index (χ2v) is 5.68. The molecule has 0 aromatic heterocycles. The molecule has 0 heterocycles. The van der Waals surface area contributed by atoms with Gasteiger partial charge in [-0.15, -0.1) is 0 Å². The molecule has 2 unspecified atom stereocenters. The molecule has 0 bridgehead atoms. The highest BCUT2D eigenvalue weighted by molar-refractivity contribution is 9.10. The van der Waals surface area contributed by atoms with E-state index >= 15 is 0 Å². The molecule has 0 aliphatic heterocycles. The Bertz CT molecular complexity index is 354. The van der Waals surface area contributed by atoms with Gasteiger partial charge in [-0.2, -0.15) is 0 Å². The second-order valence-electron chi connectivity index (χ2n) is 4.44. The molecule has 0 saturated carbocycles. The van der Waals surface area contributed by atoms with Gasteiger partial charge < -0.3 is 5.32 Å². The third-order valence-corrected chi connectivity index (χ3v) is 4.36. The van der Waals surface area contributed by atoms with Crippen molar-refractivity contribution in [1.29, 1.82) is 0 Å². The minimum atomic E-state index is 0.338. The normalized spacial score (nSPS) is 14.6. The first-order valence-corrected chi connectivity index (χ1v) is 7.46. The number of hydrogen-bond acceptors (Lipinski definition) is 1. The van der Waals surface area contributed by atoms with Crippen LogP contribution in [0.3, 0.4) is 0 Å². The molecular formula is C14H21BrClN. The molecule has 1 aromatic rings. The van der Waals surface area contributed by atoms with Gasteiger partial charge in [-0.25, -0.2) is 0 Å². The van der Waals surface area contributed by atoms with Crippen LogP contribution in [0.5, 0.6) is 0 Å². The fraction of sp³-hybridized carbons (Fsp3) is 0.571. The molecule has 0 amide bonds. The van der Waals surface area contributed by atoms with Crippen molar-refractivity contribution in [2.24, 2.45) is 5.92 Å². The van der Waals surface area contributed by atoms with Gasteiger partial charge in [0, 0.05) is 10.5 Å². The summed E-state index contributed by atoms with van der Waals surface area (Å²) < 4.78 is 0.975. The third kappa shape index (κ3) is 3.97. The number of rotatable bonds is 6. The predicted octanol–water partition coefficient (Wildman–Crippen LogP) is 5.19. The monoisotopic (exact) mass is 317 g/mol. The van der Waals surface area contributed by atoms with E-state index in [-0.39, 0.29) is 0 Å². The van der Waals surface area contributed by atoms with Crippen molar-refractivity contribution < 1.29 is 0 Å². The molecular weight excluding hydrogens is 298 g/mol. The standard InChI is InChI=1S/C14H21BrClN/c1-4-7-10(3)14(17-5-2)11-8-6-9-12(15)13(11)16/h6,8-10,14,17H,4-5,7H2,1-3H3. The Kier molecular flexibility index (Phi) is 6.53. The summed E-state index contributed by atoms with van der Waals surface area (Å²) in [6, 6.07) is 6.49. The second kappa shape index (κ2) is 7.40. The minimum absolute atomic E-state index is 0.338. The first-order valence-electron chi connectivity index (χ1n) is 6.29. The summed E-state index contributed by atoms with van der Waals surface area (Å²) in [4.78, 5) is 0. The molecule has 0 saturated heterocycles. The largest absolute Gasteiger partial charge is 0.310 e. The fourth-order valence-electron chi connectivity index (χ4n) is 2.22. The lowest BCUT2D eigenvalue weighted by atomic mass is 9.91. The lowest BCUT2D eigenvalue weighted by Crippen LogP contribution is -2.27. The molecule has 1 rings (SSSR count). The molecule has 0 aliphatic carbocycles. The van der Waals surface area contributed by atoms with E-state index in [0.717, 1.165) is 16.0 Å². The van der Waals surface area contributed by atoms with E-state index in [0.29, 0.717) is 12.0 Å². The number of hydrogen-bond donors (Lipinski definition) is 1. The molecule has 1 N–H and O–H groups in total. The van der Waals surface area contributed by atoms with E-state index < -0.39 is 0 Å². The Labute approximate surface area is 118 Å². The van der Waals surface area contributed by atoms with Crippen LogP contribution in [0.25, 0.3) is 0 Å². The fourth-order valence-corrected chi connectivity index (χ4v) is 2.85. The Morgan fingerprint density at radius 1 is 1.35 bits per heavy atom. The van der Waals surface area contributed by atoms with Crippen molar-refractivity contribution in [2.75, 3.05) is 6.54 Å². The van der Waals surface area contributed by atoms with Crippen LogP contribution in [0.4, 0.5) is 0 Å². The topological polar surface area (TPSA) is 12.0 Å². The summed E-state index contributed by atoms with van der Waals surface area (Å²) in [5.41, 5.74) is 1.20. The number of nitrogens with one attached hydrogen (secondary N) is 1. The lowest BCUT2D eigenvalue weighted by Gasteiger charge is -2.26. The van der Waals surface area contributed by atoms with Gasteiger partial charge in [0.2, 0.25) is 0 Å². The minimum Gasteiger partial charge on any atom is -0.310 e. The molecule has 0 aliphatic rings. The van der Waals surface area contributed by atoms with Gasteiger partial charge in [-0.3, -0.25) is 0 Å². The maximum atomic E-state index is 6.38. The molecule has 1 aromatic carbocycles. The molecule has 2 atom stereocenters. The van der Waals surface area contributed by atoms with E-state index in [1.165, 1.54) is 18.4 Å². The van der Waals surface area contributed by atoms with Crippen LogP contribution in [-0.2, 0) is 0 Å². The Morgan fingerprint density at radius 2 is 2.06 bits per heavy atom. The molecule has 17 heavy (non-hydrogen) atoms. The molecule has 0 radical (unpaired) electrons. The summed E-state index contributed by atoms with van der Waals surface area (Å²) >= 11 is 9.87. The highest BCUT2D eigenvalue weighted by Gasteiger charge is 2.20. The van der Waals surface area contributed by atoms with Crippen LogP contribution < -0.4 is 5.32 Å². The molecule has 3 heteroatoms. The first-order chi connectivity index (χ1) is 8.11. The average molecular weight is 319 g/mol. The zero-order valence-corrected chi connectivity index (χ0v) is 13.1. The Balaban J connectivity index is 3.00. The van der Waals surface area contributed by atoms with Gasteiger partial charge in [-0.05, 0) is 46.4 Å². The van der Waals surface area contributed by atoms with Gasteiger partial charge in [-0.1, -0.05) is 50.9 Å². The van der Waals surface area contributed by atoms with Crippen molar-refractivity contribution in [1.82, 2.24) is 5.32 Å². The van der Waals surface area contributed by atoms with E-state index in [4.69, 9.17) is 11.6 Å². The van der Waals surface area contributed by atoms with E-state index in [1.54, 1.807) is 0 Å². The van der Waals surface area contributed by atoms with E-state index in [2.05, 4.69) is 48.1 Å². The van der Waals surface area contributed by atoms with Crippen LogP contribution >= 0.6 is 27.5 Å². The molecule has 96 valence electrons. The van der Waals surface area contributed by atoms with Gasteiger partial charge >= 0.3 is 0 Å². The molecule has 1 nitrogen and oxygen atoms in total. The van der Waals surface area contributed by atoms with Crippen LogP contribution in [0.1, 0.15) is 45.2 Å². The van der Waals surface area contributed by atoms with Gasteiger partial charge in [0.05, 0.1) is 5.02 Å². The first kappa shape index (κ1) is 15.0. The average Bonchev–Trinajstić information content (AvgIpc) is 2.30. The summed E-state index contributed by atoms with van der Waals surface area (Å²) in [5.74, 6) is 0.590. The highest BCUT2D eigenvalue weighted by Crippen LogP contribution is 2.34. The van der Waals surface area contributed by atoms with Crippen molar-refractivity contribution in [2.45, 2.75) is 39.7 Å². The summed E-state index contributed by atoms with van der Waals surface area (Å²) in [5, 5.41) is 4.38. The van der Waals surface area contributed by atoms with Gasteiger partial charge in [0.25, 0.3) is 0 Å². The highest BCUT2D eigenvalue weighted by atomic mass is 79.9. The molecule has 0 fully saturated rings. The van der Waals surface area contributed by atoms with Crippen LogP contribution in [0.2, 0.25) is 5.02 Å². The number of halogens is 2. The molecule has 0 spiro atoms. The summed E-state index contributed by atoms with van der Waals surface area (Å²) in [7, 11) is 0. The third-order valence-electron chi connectivity index (χ3n) is 3.05. The number of benzene rings is 1. The van der Waals surface area contributed by atoms with Crippen LogP contribution in [0.15, 0.2) is 22.7 Å². The Morgan fingerprint density at radius 3 is 2.65 bits per heavy atom. The Hall–Kier alpha value is -0.0500. The van der Waals surface area contributed by atoms with Crippen molar-refractivity contribution >= 4 is 27.5 Å². The zero-order chi connectivity index (χ0) is 12.8. The van der Waals surface area contributed by atoms with Crippen molar-refractivity contribution in [3.8, 4) is 0 Å². The predicted molar refractivity (Wildman–Crippen MR) is 79.6 cm³/mol. The van der Waals surface area contributed by atoms with Crippen molar-refractivity contribution in [3.63, 3.8) is 0 Å². The van der Waals surface area contributed by atoms with E-state index in [1.807, 2.05) is 12.1 Å². The maximum absolute atomic E-state index is 6.38. The smallest absolute Gasteiger partial charge is 0.0595 e. The van der Waals surface area contributed by atoms with Crippen LogP contribution in [-0.4, -0.2) is 6.54 Å². The quantitative estimate of drug-likeness (QED) is 0.761. The van der Waals surface area contributed by atoms with Gasteiger partial charge in [0.1, 0.15) is 0 Å². The van der Waals surface area contributed by atoms with Gasteiger partial charge in [0.15, 0.2) is 0 Å². The SMILES string of the molecule is CCCC(C)C(NCC)c1cccc(Br)c1Cl. The summed E-state index contributed by atoms with van der Waals surface area (Å²) in [6.45, 7) is 7.61. The van der Waals surface area contributed by atoms with E-state index in [9.17, 15) is 0 Å². The lowest BCUT2D eigenvalue weighted by molar-refractivity contribution is 0.369. The van der Waals surface area contributed by atoms with Crippen LogP contribution in [0, 0.1) is 5.92 Å².